The highest BCUT2D eigenvalue weighted by Crippen LogP contribution is 2.34. The average Bonchev–Trinajstić information content (AvgIpc) is 3.34. The van der Waals surface area contributed by atoms with Gasteiger partial charge in [-0.05, 0) is 44.2 Å². The molecule has 30 heavy (non-hydrogen) atoms. The number of amides is 1. The van der Waals surface area contributed by atoms with Crippen molar-refractivity contribution in [1.82, 2.24) is 19.4 Å². The van der Waals surface area contributed by atoms with Gasteiger partial charge in [0.2, 0.25) is 5.82 Å². The van der Waals surface area contributed by atoms with Gasteiger partial charge in [0, 0.05) is 37.8 Å². The van der Waals surface area contributed by atoms with Gasteiger partial charge < -0.3 is 13.9 Å². The molecule has 0 N–H and O–H groups in total. The van der Waals surface area contributed by atoms with Crippen molar-refractivity contribution in [2.75, 3.05) is 26.2 Å². The Morgan fingerprint density at radius 1 is 1.17 bits per heavy atom. The maximum absolute atomic E-state index is 13.4. The van der Waals surface area contributed by atoms with Crippen LogP contribution in [-0.2, 0) is 12.7 Å². The number of hydrogen-bond acceptors (Lipinski definition) is 4. The number of rotatable bonds is 4. The predicted octanol–water partition coefficient (Wildman–Crippen LogP) is 4.19. The zero-order valence-corrected chi connectivity index (χ0v) is 16.8. The number of carbonyl (C=O) groups is 1. The summed E-state index contributed by atoms with van der Waals surface area (Å²) in [5.41, 5.74) is 0.902. The number of benzene rings is 1. The third-order valence-electron chi connectivity index (χ3n) is 5.33. The quantitative estimate of drug-likeness (QED) is 0.635. The van der Waals surface area contributed by atoms with Gasteiger partial charge in [-0.15, -0.1) is 0 Å². The van der Waals surface area contributed by atoms with Crippen molar-refractivity contribution in [2.24, 2.45) is 0 Å². The highest BCUT2D eigenvalue weighted by Gasteiger charge is 2.38. The molecule has 160 valence electrons. The molecule has 1 aliphatic heterocycles. The first-order valence-electron chi connectivity index (χ1n) is 9.87. The summed E-state index contributed by atoms with van der Waals surface area (Å²) < 4.78 is 46.7. The van der Waals surface area contributed by atoms with Gasteiger partial charge in [-0.2, -0.15) is 13.2 Å². The van der Waals surface area contributed by atoms with Gasteiger partial charge in [-0.1, -0.05) is 0 Å². The van der Waals surface area contributed by atoms with E-state index >= 15 is 0 Å². The molecule has 0 atom stereocenters. The van der Waals surface area contributed by atoms with E-state index in [-0.39, 0.29) is 11.4 Å². The Balaban J connectivity index is 1.51. The molecule has 2 aromatic heterocycles. The zero-order valence-electron chi connectivity index (χ0n) is 16.8. The number of hydrogen-bond donors (Lipinski definition) is 0. The molecule has 0 aliphatic carbocycles. The molecular weight excluding hydrogens is 397 g/mol. The van der Waals surface area contributed by atoms with E-state index in [1.54, 1.807) is 37.1 Å². The van der Waals surface area contributed by atoms with Gasteiger partial charge in [-0.3, -0.25) is 9.69 Å². The molecule has 0 radical (unpaired) electrons. The molecule has 1 aromatic carbocycles. The maximum Gasteiger partial charge on any atom is 0.449 e. The lowest BCUT2D eigenvalue weighted by Crippen LogP contribution is -2.48. The minimum absolute atomic E-state index is 0.179. The van der Waals surface area contributed by atoms with Crippen LogP contribution in [0.25, 0.3) is 11.0 Å². The number of fused-ring (bicyclic) bond motifs is 1. The van der Waals surface area contributed by atoms with Crippen LogP contribution in [0.2, 0.25) is 0 Å². The van der Waals surface area contributed by atoms with E-state index in [4.69, 9.17) is 4.42 Å². The fourth-order valence-corrected chi connectivity index (χ4v) is 3.87. The summed E-state index contributed by atoms with van der Waals surface area (Å²) in [5, 5.41) is 0. The molecule has 1 aliphatic rings. The van der Waals surface area contributed by atoms with Crippen molar-refractivity contribution in [3.05, 3.63) is 53.7 Å². The molecule has 0 unspecified atom stereocenters. The third-order valence-corrected chi connectivity index (χ3v) is 5.33. The lowest BCUT2D eigenvalue weighted by atomic mass is 10.1. The Kier molecular flexibility index (Phi) is 5.31. The van der Waals surface area contributed by atoms with Crippen LogP contribution in [0.4, 0.5) is 13.2 Å². The Hall–Kier alpha value is -2.81. The minimum Gasteiger partial charge on any atom is -0.468 e. The summed E-state index contributed by atoms with van der Waals surface area (Å²) in [6.45, 7) is 6.55. The first-order valence-corrected chi connectivity index (χ1v) is 9.87. The summed E-state index contributed by atoms with van der Waals surface area (Å²) in [5.74, 6) is -0.257. The SMILES string of the molecule is CC(C)n1c(C(F)(F)F)nc2cc(C(=O)N3CCN(Cc4ccco4)CC3)ccc21. The first-order chi connectivity index (χ1) is 14.2. The molecule has 6 nitrogen and oxygen atoms in total. The van der Waals surface area contributed by atoms with Crippen LogP contribution in [0.15, 0.2) is 41.0 Å². The van der Waals surface area contributed by atoms with Gasteiger partial charge >= 0.3 is 6.18 Å². The zero-order chi connectivity index (χ0) is 21.5. The van der Waals surface area contributed by atoms with Crippen LogP contribution < -0.4 is 0 Å². The lowest BCUT2D eigenvalue weighted by Gasteiger charge is -2.34. The monoisotopic (exact) mass is 420 g/mol. The average molecular weight is 420 g/mol. The lowest BCUT2D eigenvalue weighted by molar-refractivity contribution is -0.147. The Morgan fingerprint density at radius 2 is 1.90 bits per heavy atom. The second kappa shape index (κ2) is 7.79. The number of halogens is 3. The minimum atomic E-state index is -4.56. The van der Waals surface area contributed by atoms with Gasteiger partial charge in [-0.25, -0.2) is 4.98 Å². The van der Waals surface area contributed by atoms with Crippen molar-refractivity contribution >= 4 is 16.9 Å². The molecule has 1 saturated heterocycles. The number of aromatic nitrogens is 2. The molecule has 1 amide bonds. The van der Waals surface area contributed by atoms with Crippen LogP contribution in [0.1, 0.15) is 41.8 Å². The Morgan fingerprint density at radius 3 is 2.50 bits per heavy atom. The van der Waals surface area contributed by atoms with Gasteiger partial charge in [0.05, 0.1) is 23.8 Å². The van der Waals surface area contributed by atoms with Crippen LogP contribution in [0.3, 0.4) is 0 Å². The number of piperazine rings is 1. The Labute approximate surface area is 171 Å². The fourth-order valence-electron chi connectivity index (χ4n) is 3.87. The predicted molar refractivity (Wildman–Crippen MR) is 105 cm³/mol. The van der Waals surface area contributed by atoms with E-state index in [0.29, 0.717) is 43.8 Å². The van der Waals surface area contributed by atoms with Crippen molar-refractivity contribution in [3.8, 4) is 0 Å². The van der Waals surface area contributed by atoms with Gasteiger partial charge in [0.1, 0.15) is 5.76 Å². The molecule has 0 saturated carbocycles. The smallest absolute Gasteiger partial charge is 0.449 e. The summed E-state index contributed by atoms with van der Waals surface area (Å²) in [6, 6.07) is 7.95. The highest BCUT2D eigenvalue weighted by atomic mass is 19.4. The molecular formula is C21H23F3N4O2. The highest BCUT2D eigenvalue weighted by molar-refractivity contribution is 5.97. The summed E-state index contributed by atoms with van der Waals surface area (Å²) in [4.78, 5) is 20.6. The molecule has 4 rings (SSSR count). The van der Waals surface area contributed by atoms with E-state index < -0.39 is 18.0 Å². The van der Waals surface area contributed by atoms with E-state index in [1.165, 1.54) is 6.07 Å². The van der Waals surface area contributed by atoms with Crippen molar-refractivity contribution in [2.45, 2.75) is 32.6 Å². The number of carbonyl (C=O) groups excluding carboxylic acids is 1. The van der Waals surface area contributed by atoms with E-state index in [0.717, 1.165) is 10.3 Å². The molecule has 0 bridgehead atoms. The number of nitrogens with zero attached hydrogens (tertiary/aromatic N) is 4. The normalized spacial score (nSPS) is 16.0. The molecule has 1 fully saturated rings. The van der Waals surface area contributed by atoms with Crippen LogP contribution in [0, 0.1) is 0 Å². The van der Waals surface area contributed by atoms with Crippen LogP contribution in [-0.4, -0.2) is 51.4 Å². The summed E-state index contributed by atoms with van der Waals surface area (Å²) in [6.07, 6.45) is -2.92. The maximum atomic E-state index is 13.4. The summed E-state index contributed by atoms with van der Waals surface area (Å²) >= 11 is 0. The molecule has 3 heterocycles. The van der Waals surface area contributed by atoms with E-state index in [1.807, 2.05) is 12.1 Å². The second-order valence-electron chi connectivity index (χ2n) is 7.75. The molecule has 9 heteroatoms. The summed E-state index contributed by atoms with van der Waals surface area (Å²) in [7, 11) is 0. The van der Waals surface area contributed by atoms with Crippen molar-refractivity contribution in [3.63, 3.8) is 0 Å². The Bertz CT molecular complexity index is 1030. The topological polar surface area (TPSA) is 54.5 Å². The fraction of sp³-hybridized carbons (Fsp3) is 0.429. The number of alkyl halides is 3. The van der Waals surface area contributed by atoms with Crippen LogP contribution in [0.5, 0.6) is 0 Å². The van der Waals surface area contributed by atoms with E-state index in [9.17, 15) is 18.0 Å². The molecule has 0 spiro atoms. The van der Waals surface area contributed by atoms with Crippen molar-refractivity contribution in [1.29, 1.82) is 0 Å². The van der Waals surface area contributed by atoms with Crippen LogP contribution >= 0.6 is 0 Å². The number of furan rings is 1. The second-order valence-corrected chi connectivity index (χ2v) is 7.75. The van der Waals surface area contributed by atoms with Crippen molar-refractivity contribution < 1.29 is 22.4 Å². The third kappa shape index (κ3) is 3.94. The standard InChI is InChI=1S/C21H23F3N4O2/c1-14(2)28-18-6-5-15(12-17(18)25-20(28)21(22,23)24)19(29)27-9-7-26(8-10-27)13-16-4-3-11-30-16/h3-6,11-12,14H,7-10,13H2,1-2H3. The number of imidazole rings is 1. The molecule has 3 aromatic rings. The first kappa shape index (κ1) is 20.5. The van der Waals surface area contributed by atoms with Gasteiger partial charge in [0.25, 0.3) is 5.91 Å². The van der Waals surface area contributed by atoms with E-state index in [2.05, 4.69) is 9.88 Å². The largest absolute Gasteiger partial charge is 0.468 e. The van der Waals surface area contributed by atoms with Gasteiger partial charge in [0.15, 0.2) is 0 Å².